The SMILES string of the molecule is CC(C)(C)Cc1ccc(OCCCCNC(=O)c2cc(Oc3ccc(N)cc3)c3ccccc3c2O)c(CC(C)(C)C)c1. The van der Waals surface area contributed by atoms with Gasteiger partial charge in [-0.25, -0.2) is 0 Å². The first-order chi connectivity index (χ1) is 20.3. The molecule has 1 amide bonds. The number of nitrogens with two attached hydrogens (primary N) is 1. The molecular weight excluding hydrogens is 536 g/mol. The fourth-order valence-electron chi connectivity index (χ4n) is 5.16. The number of nitrogen functional groups attached to an aromatic ring is 1. The van der Waals surface area contributed by atoms with Crippen LogP contribution in [0.3, 0.4) is 0 Å². The summed E-state index contributed by atoms with van der Waals surface area (Å²) in [7, 11) is 0. The fourth-order valence-corrected chi connectivity index (χ4v) is 5.16. The standard InChI is InChI=1S/C37H46N2O4/c1-36(2,3)23-25-13-18-32(26(21-25)24-37(4,5)6)42-20-10-9-19-39-35(41)31-22-33(43-28-16-14-27(38)15-17-28)29-11-7-8-12-30(29)34(31)40/h7-8,11-18,21-22,40H,9-10,19-20,23-24,38H2,1-6H3,(H,39,41). The lowest BCUT2D eigenvalue weighted by atomic mass is 9.84. The molecule has 0 saturated carbocycles. The molecule has 0 spiro atoms. The number of fused-ring (bicyclic) bond motifs is 1. The number of carbonyl (C=O) groups is 1. The van der Waals surface area contributed by atoms with Gasteiger partial charge in [-0.15, -0.1) is 0 Å². The molecule has 0 aliphatic carbocycles. The lowest BCUT2D eigenvalue weighted by Gasteiger charge is -2.23. The number of hydrogen-bond acceptors (Lipinski definition) is 5. The molecule has 0 aliphatic heterocycles. The summed E-state index contributed by atoms with van der Waals surface area (Å²) in [5.74, 6) is 1.59. The molecule has 43 heavy (non-hydrogen) atoms. The summed E-state index contributed by atoms with van der Waals surface area (Å²) in [5, 5.41) is 15.2. The molecule has 0 aliphatic rings. The van der Waals surface area contributed by atoms with Crippen LogP contribution >= 0.6 is 0 Å². The van der Waals surface area contributed by atoms with Crippen LogP contribution in [0.1, 0.15) is 75.9 Å². The van der Waals surface area contributed by atoms with Crippen LogP contribution in [0, 0.1) is 10.8 Å². The molecule has 4 rings (SSSR count). The van der Waals surface area contributed by atoms with E-state index in [1.54, 1.807) is 36.4 Å². The summed E-state index contributed by atoms with van der Waals surface area (Å²) < 4.78 is 12.3. The van der Waals surface area contributed by atoms with Crippen molar-refractivity contribution < 1.29 is 19.4 Å². The van der Waals surface area contributed by atoms with E-state index in [0.717, 1.165) is 31.4 Å². The highest BCUT2D eigenvalue weighted by Gasteiger charge is 2.19. The van der Waals surface area contributed by atoms with E-state index in [-0.39, 0.29) is 28.1 Å². The highest BCUT2D eigenvalue weighted by molar-refractivity contribution is 6.05. The van der Waals surface area contributed by atoms with Gasteiger partial charge in [-0.2, -0.15) is 0 Å². The van der Waals surface area contributed by atoms with E-state index in [9.17, 15) is 9.90 Å². The van der Waals surface area contributed by atoms with Crippen molar-refractivity contribution in [1.82, 2.24) is 5.32 Å². The summed E-state index contributed by atoms with van der Waals surface area (Å²) in [6, 6.07) is 22.5. The lowest BCUT2D eigenvalue weighted by molar-refractivity contribution is 0.0949. The van der Waals surface area contributed by atoms with Crippen molar-refractivity contribution in [3.63, 3.8) is 0 Å². The van der Waals surface area contributed by atoms with Gasteiger partial charge in [-0.3, -0.25) is 4.79 Å². The predicted molar refractivity (Wildman–Crippen MR) is 176 cm³/mol. The monoisotopic (exact) mass is 582 g/mol. The molecule has 4 aromatic rings. The van der Waals surface area contributed by atoms with Crippen LogP contribution in [0.5, 0.6) is 23.0 Å². The zero-order valence-electron chi connectivity index (χ0n) is 26.4. The second-order valence-corrected chi connectivity index (χ2v) is 13.7. The maximum absolute atomic E-state index is 13.1. The maximum Gasteiger partial charge on any atom is 0.255 e. The molecule has 0 saturated heterocycles. The number of hydrogen-bond donors (Lipinski definition) is 3. The molecule has 0 bridgehead atoms. The topological polar surface area (TPSA) is 93.8 Å². The van der Waals surface area contributed by atoms with Gasteiger partial charge in [0, 0.05) is 23.0 Å². The van der Waals surface area contributed by atoms with Crippen LogP contribution in [0.2, 0.25) is 0 Å². The second kappa shape index (κ2) is 13.4. The Morgan fingerprint density at radius 3 is 2.16 bits per heavy atom. The van der Waals surface area contributed by atoms with Gasteiger partial charge in [-0.05, 0) is 84.0 Å². The average Bonchev–Trinajstić information content (AvgIpc) is 2.92. The van der Waals surface area contributed by atoms with Crippen LogP contribution in [0.15, 0.2) is 72.8 Å². The smallest absolute Gasteiger partial charge is 0.255 e. The molecule has 6 nitrogen and oxygen atoms in total. The molecule has 0 fully saturated rings. The number of unbranched alkanes of at least 4 members (excludes halogenated alkanes) is 1. The molecule has 0 heterocycles. The normalized spacial score (nSPS) is 11.9. The summed E-state index contributed by atoms with van der Waals surface area (Å²) in [6.45, 7) is 14.5. The molecule has 0 aromatic heterocycles. The minimum absolute atomic E-state index is 0.0672. The Kier molecular flexibility index (Phi) is 9.90. The Hall–Kier alpha value is -4.19. The van der Waals surface area contributed by atoms with E-state index in [2.05, 4.69) is 65.1 Å². The van der Waals surface area contributed by atoms with Crippen molar-refractivity contribution in [2.24, 2.45) is 10.8 Å². The first-order valence-electron chi connectivity index (χ1n) is 15.1. The maximum atomic E-state index is 13.1. The van der Waals surface area contributed by atoms with E-state index in [1.165, 1.54) is 11.1 Å². The van der Waals surface area contributed by atoms with Crippen molar-refractivity contribution in [3.8, 4) is 23.0 Å². The Labute approximate surface area is 256 Å². The number of phenolic OH excluding ortho intramolecular Hbond substituents is 1. The molecule has 0 radical (unpaired) electrons. The zero-order chi connectivity index (χ0) is 31.2. The van der Waals surface area contributed by atoms with Crippen molar-refractivity contribution >= 4 is 22.4 Å². The number of nitrogens with one attached hydrogen (secondary N) is 1. The first kappa shape index (κ1) is 31.7. The van der Waals surface area contributed by atoms with E-state index in [1.807, 2.05) is 18.2 Å². The number of benzene rings is 4. The molecule has 0 atom stereocenters. The third-order valence-electron chi connectivity index (χ3n) is 7.03. The number of ether oxygens (including phenoxy) is 2. The van der Waals surface area contributed by atoms with Crippen molar-refractivity contribution in [2.75, 3.05) is 18.9 Å². The second-order valence-electron chi connectivity index (χ2n) is 13.7. The van der Waals surface area contributed by atoms with Gasteiger partial charge in [0.15, 0.2) is 0 Å². The number of rotatable bonds is 11. The van der Waals surface area contributed by atoms with E-state index in [0.29, 0.717) is 41.1 Å². The summed E-state index contributed by atoms with van der Waals surface area (Å²) in [4.78, 5) is 13.1. The molecule has 4 aromatic carbocycles. The van der Waals surface area contributed by atoms with Crippen LogP contribution in [-0.4, -0.2) is 24.2 Å². The van der Waals surface area contributed by atoms with Gasteiger partial charge in [0.05, 0.1) is 12.2 Å². The minimum Gasteiger partial charge on any atom is -0.506 e. The van der Waals surface area contributed by atoms with Gasteiger partial charge < -0.3 is 25.6 Å². The Morgan fingerprint density at radius 1 is 0.814 bits per heavy atom. The van der Waals surface area contributed by atoms with Gasteiger partial charge in [0.1, 0.15) is 23.0 Å². The number of anilines is 1. The minimum atomic E-state index is -0.353. The number of carbonyl (C=O) groups excluding carboxylic acids is 1. The summed E-state index contributed by atoms with van der Waals surface area (Å²) in [5.41, 5.74) is 9.55. The molecule has 0 unspecified atom stereocenters. The van der Waals surface area contributed by atoms with Crippen molar-refractivity contribution in [2.45, 2.75) is 67.2 Å². The molecular formula is C37H46N2O4. The van der Waals surface area contributed by atoms with Crippen molar-refractivity contribution in [3.05, 3.63) is 89.5 Å². The Morgan fingerprint density at radius 2 is 1.49 bits per heavy atom. The highest BCUT2D eigenvalue weighted by Crippen LogP contribution is 2.38. The van der Waals surface area contributed by atoms with Crippen LogP contribution in [0.4, 0.5) is 5.69 Å². The third kappa shape index (κ3) is 9.15. The fraction of sp³-hybridized carbons (Fsp3) is 0.378. The average molecular weight is 583 g/mol. The lowest BCUT2D eigenvalue weighted by Crippen LogP contribution is -2.25. The zero-order valence-corrected chi connectivity index (χ0v) is 26.4. The van der Waals surface area contributed by atoms with E-state index in [4.69, 9.17) is 15.2 Å². The van der Waals surface area contributed by atoms with Gasteiger partial charge >= 0.3 is 0 Å². The third-order valence-corrected chi connectivity index (χ3v) is 7.03. The summed E-state index contributed by atoms with van der Waals surface area (Å²) >= 11 is 0. The van der Waals surface area contributed by atoms with Gasteiger partial charge in [-0.1, -0.05) is 77.9 Å². The van der Waals surface area contributed by atoms with Crippen LogP contribution < -0.4 is 20.5 Å². The van der Waals surface area contributed by atoms with Crippen molar-refractivity contribution in [1.29, 1.82) is 0 Å². The summed E-state index contributed by atoms with van der Waals surface area (Å²) in [6.07, 6.45) is 3.49. The Bertz CT molecular complexity index is 1550. The number of aromatic hydroxyl groups is 1. The predicted octanol–water partition coefficient (Wildman–Crippen LogP) is 8.69. The largest absolute Gasteiger partial charge is 0.506 e. The highest BCUT2D eigenvalue weighted by atomic mass is 16.5. The van der Waals surface area contributed by atoms with Crippen LogP contribution in [-0.2, 0) is 12.8 Å². The van der Waals surface area contributed by atoms with Gasteiger partial charge in [0.25, 0.3) is 5.91 Å². The Balaban J connectivity index is 1.36. The molecule has 228 valence electrons. The van der Waals surface area contributed by atoms with Crippen LogP contribution in [0.25, 0.3) is 10.8 Å². The van der Waals surface area contributed by atoms with E-state index >= 15 is 0 Å². The first-order valence-corrected chi connectivity index (χ1v) is 15.1. The number of phenols is 1. The van der Waals surface area contributed by atoms with E-state index < -0.39 is 0 Å². The quantitative estimate of drug-likeness (QED) is 0.121. The molecule has 6 heteroatoms. The number of amides is 1. The van der Waals surface area contributed by atoms with Gasteiger partial charge in [0.2, 0.25) is 0 Å². The molecule has 4 N–H and O–H groups in total.